The average molecular weight is 302 g/mol. The normalized spacial score (nSPS) is 13.6. The topological polar surface area (TPSA) is 24.4 Å². The third-order valence-electron chi connectivity index (χ3n) is 4.14. The lowest BCUT2D eigenvalue weighted by molar-refractivity contribution is 1.25. The Balaban J connectivity index is 1.82. The molecule has 2 aromatic carbocycles. The van der Waals surface area contributed by atoms with Crippen LogP contribution in [0, 0.1) is 20.8 Å². The average Bonchev–Trinajstić information content (AvgIpc) is 3.04. The van der Waals surface area contributed by atoms with Crippen molar-refractivity contribution in [1.82, 2.24) is 0 Å². The van der Waals surface area contributed by atoms with Crippen LogP contribution in [0.5, 0.6) is 0 Å². The quantitative estimate of drug-likeness (QED) is 0.593. The fourth-order valence-electron chi connectivity index (χ4n) is 3.07. The number of nitrogens with zero attached hydrogens (tertiary/aromatic N) is 1. The SMILES string of the molecule is Cc1cc(C)c(NN=Cc2ccccc2C2=CC=CC2)c(C)c1. The van der Waals surface area contributed by atoms with Crippen molar-refractivity contribution >= 4 is 17.5 Å². The largest absolute Gasteiger partial charge is 0.278 e. The highest BCUT2D eigenvalue weighted by Crippen LogP contribution is 2.26. The Morgan fingerprint density at radius 1 is 1.04 bits per heavy atom. The third kappa shape index (κ3) is 3.42. The van der Waals surface area contributed by atoms with Gasteiger partial charge in [-0.2, -0.15) is 5.10 Å². The molecule has 0 amide bonds. The Kier molecular flexibility index (Phi) is 4.42. The zero-order valence-corrected chi connectivity index (χ0v) is 13.9. The van der Waals surface area contributed by atoms with E-state index < -0.39 is 0 Å². The first kappa shape index (κ1) is 15.3. The number of hydrogen-bond donors (Lipinski definition) is 1. The van der Waals surface area contributed by atoms with Crippen LogP contribution >= 0.6 is 0 Å². The number of allylic oxidation sites excluding steroid dienone is 4. The number of rotatable bonds is 4. The first-order chi connectivity index (χ1) is 11.1. The highest BCUT2D eigenvalue weighted by atomic mass is 15.3. The number of benzene rings is 2. The summed E-state index contributed by atoms with van der Waals surface area (Å²) < 4.78 is 0. The highest BCUT2D eigenvalue weighted by molar-refractivity contribution is 5.89. The summed E-state index contributed by atoms with van der Waals surface area (Å²) in [4.78, 5) is 0. The maximum Gasteiger partial charge on any atom is 0.0620 e. The lowest BCUT2D eigenvalue weighted by Gasteiger charge is -2.11. The van der Waals surface area contributed by atoms with Crippen LogP contribution in [0.4, 0.5) is 5.69 Å². The van der Waals surface area contributed by atoms with Crippen LogP contribution in [0.15, 0.2) is 59.7 Å². The van der Waals surface area contributed by atoms with Gasteiger partial charge in [-0.1, -0.05) is 60.2 Å². The van der Waals surface area contributed by atoms with E-state index in [2.05, 4.69) is 85.9 Å². The smallest absolute Gasteiger partial charge is 0.0620 e. The van der Waals surface area contributed by atoms with E-state index in [0.29, 0.717) is 0 Å². The maximum atomic E-state index is 4.47. The molecule has 0 unspecified atom stereocenters. The predicted molar refractivity (Wildman–Crippen MR) is 100 cm³/mol. The Labute approximate surface area is 138 Å². The van der Waals surface area contributed by atoms with Gasteiger partial charge in [-0.3, -0.25) is 5.43 Å². The molecule has 0 saturated carbocycles. The van der Waals surface area contributed by atoms with Gasteiger partial charge in [0.25, 0.3) is 0 Å². The van der Waals surface area contributed by atoms with Crippen LogP contribution in [0.1, 0.15) is 34.2 Å². The lowest BCUT2D eigenvalue weighted by atomic mass is 10.00. The summed E-state index contributed by atoms with van der Waals surface area (Å²) in [6.45, 7) is 6.34. The third-order valence-corrected chi connectivity index (χ3v) is 4.14. The van der Waals surface area contributed by atoms with Crippen molar-refractivity contribution in [2.75, 3.05) is 5.43 Å². The molecule has 116 valence electrons. The van der Waals surface area contributed by atoms with Gasteiger partial charge in [0.1, 0.15) is 0 Å². The molecule has 2 nitrogen and oxygen atoms in total. The van der Waals surface area contributed by atoms with Gasteiger partial charge in [0.05, 0.1) is 11.9 Å². The van der Waals surface area contributed by atoms with Gasteiger partial charge in [0.15, 0.2) is 0 Å². The van der Waals surface area contributed by atoms with Crippen molar-refractivity contribution in [2.24, 2.45) is 5.10 Å². The minimum Gasteiger partial charge on any atom is -0.278 e. The van der Waals surface area contributed by atoms with Crippen LogP contribution in [0.2, 0.25) is 0 Å². The van der Waals surface area contributed by atoms with Crippen LogP contribution in [0.25, 0.3) is 5.57 Å². The standard InChI is InChI=1S/C21H22N2/c1-15-12-16(2)21(17(3)13-15)23-22-14-19-10-6-7-11-20(19)18-8-4-5-9-18/h4-8,10-14,23H,9H2,1-3H3. The summed E-state index contributed by atoms with van der Waals surface area (Å²) in [7, 11) is 0. The second kappa shape index (κ2) is 6.66. The van der Waals surface area contributed by atoms with Gasteiger partial charge < -0.3 is 0 Å². The molecule has 0 aromatic heterocycles. The first-order valence-corrected chi connectivity index (χ1v) is 7.97. The molecule has 0 atom stereocenters. The van der Waals surface area contributed by atoms with Crippen molar-refractivity contribution in [2.45, 2.75) is 27.2 Å². The minimum absolute atomic E-state index is 0.995. The molecule has 3 rings (SSSR count). The monoisotopic (exact) mass is 302 g/mol. The lowest BCUT2D eigenvalue weighted by Crippen LogP contribution is -1.98. The minimum atomic E-state index is 0.995. The van der Waals surface area contributed by atoms with Gasteiger partial charge in [0.2, 0.25) is 0 Å². The molecule has 0 fully saturated rings. The van der Waals surface area contributed by atoms with Crippen molar-refractivity contribution in [1.29, 1.82) is 0 Å². The van der Waals surface area contributed by atoms with Gasteiger partial charge >= 0.3 is 0 Å². The number of aryl methyl sites for hydroxylation is 3. The van der Waals surface area contributed by atoms with Crippen LogP contribution in [-0.4, -0.2) is 6.21 Å². The number of hydrogen-bond acceptors (Lipinski definition) is 2. The molecule has 0 bridgehead atoms. The van der Waals surface area contributed by atoms with Crippen LogP contribution < -0.4 is 5.43 Å². The first-order valence-electron chi connectivity index (χ1n) is 7.97. The Hall–Kier alpha value is -2.61. The molecule has 0 aliphatic heterocycles. The van der Waals surface area contributed by atoms with E-state index in [9.17, 15) is 0 Å². The molecule has 1 N–H and O–H groups in total. The van der Waals surface area contributed by atoms with E-state index in [4.69, 9.17) is 0 Å². The Morgan fingerprint density at radius 2 is 1.78 bits per heavy atom. The molecule has 0 spiro atoms. The van der Waals surface area contributed by atoms with Gasteiger partial charge in [-0.25, -0.2) is 0 Å². The highest BCUT2D eigenvalue weighted by Gasteiger charge is 2.07. The van der Waals surface area contributed by atoms with Gasteiger partial charge in [-0.15, -0.1) is 0 Å². The molecular formula is C21H22N2. The second-order valence-electron chi connectivity index (χ2n) is 6.06. The molecule has 2 aromatic rings. The van der Waals surface area contributed by atoms with E-state index in [1.54, 1.807) is 0 Å². The van der Waals surface area contributed by atoms with Crippen molar-refractivity contribution < 1.29 is 0 Å². The summed E-state index contributed by atoms with van der Waals surface area (Å²) in [5, 5.41) is 4.47. The Morgan fingerprint density at radius 3 is 2.48 bits per heavy atom. The van der Waals surface area contributed by atoms with Gasteiger partial charge in [-0.05, 0) is 49.5 Å². The molecule has 1 aliphatic rings. The molecule has 0 radical (unpaired) electrons. The van der Waals surface area contributed by atoms with E-state index in [1.165, 1.54) is 27.8 Å². The van der Waals surface area contributed by atoms with E-state index >= 15 is 0 Å². The van der Waals surface area contributed by atoms with E-state index in [-0.39, 0.29) is 0 Å². The zero-order valence-electron chi connectivity index (χ0n) is 13.9. The molecule has 1 aliphatic carbocycles. The summed E-state index contributed by atoms with van der Waals surface area (Å²) in [6, 6.07) is 12.7. The number of anilines is 1. The van der Waals surface area contributed by atoms with Gasteiger partial charge in [0, 0.05) is 5.56 Å². The molecule has 0 saturated heterocycles. The van der Waals surface area contributed by atoms with Crippen molar-refractivity contribution in [3.63, 3.8) is 0 Å². The van der Waals surface area contributed by atoms with Crippen molar-refractivity contribution in [3.8, 4) is 0 Å². The maximum absolute atomic E-state index is 4.47. The fourth-order valence-corrected chi connectivity index (χ4v) is 3.07. The molecule has 2 heteroatoms. The number of hydrazone groups is 1. The predicted octanol–water partition coefficient (Wildman–Crippen LogP) is 5.40. The zero-order chi connectivity index (χ0) is 16.2. The summed E-state index contributed by atoms with van der Waals surface area (Å²) in [5.74, 6) is 0. The Bertz CT molecular complexity index is 787. The summed E-state index contributed by atoms with van der Waals surface area (Å²) >= 11 is 0. The van der Waals surface area contributed by atoms with Crippen LogP contribution in [0.3, 0.4) is 0 Å². The summed E-state index contributed by atoms with van der Waals surface area (Å²) in [5.41, 5.74) is 11.7. The van der Waals surface area contributed by atoms with Crippen LogP contribution in [-0.2, 0) is 0 Å². The summed E-state index contributed by atoms with van der Waals surface area (Å²) in [6.07, 6.45) is 9.37. The van der Waals surface area contributed by atoms with Crippen molar-refractivity contribution in [3.05, 3.63) is 82.4 Å². The van der Waals surface area contributed by atoms with E-state index in [0.717, 1.165) is 17.7 Å². The molecular weight excluding hydrogens is 280 g/mol. The molecule has 23 heavy (non-hydrogen) atoms. The molecule has 0 heterocycles. The fraction of sp³-hybridized carbons (Fsp3) is 0.190. The second-order valence-corrected chi connectivity index (χ2v) is 6.06. The number of nitrogens with one attached hydrogen (secondary N) is 1. The van der Waals surface area contributed by atoms with E-state index in [1.807, 2.05) is 6.21 Å².